The summed E-state index contributed by atoms with van der Waals surface area (Å²) in [4.78, 5) is 12.0. The van der Waals surface area contributed by atoms with Gasteiger partial charge in [0.2, 0.25) is 5.16 Å². The Morgan fingerprint density at radius 2 is 1.95 bits per heavy atom. The van der Waals surface area contributed by atoms with Crippen LogP contribution in [0.5, 0.6) is 5.75 Å². The molecule has 2 rings (SSSR count). The monoisotopic (exact) mass is 344 g/mol. The zero-order valence-corrected chi connectivity index (χ0v) is 13.4. The van der Waals surface area contributed by atoms with E-state index in [0.29, 0.717) is 10.7 Å². The predicted molar refractivity (Wildman–Crippen MR) is 83.9 cm³/mol. The van der Waals surface area contributed by atoms with E-state index < -0.39 is 0 Å². The van der Waals surface area contributed by atoms with Gasteiger partial charge in [-0.25, -0.2) is 0 Å². The summed E-state index contributed by atoms with van der Waals surface area (Å²) < 4.78 is 1.14. The molecule has 0 fully saturated rings. The Bertz CT molecular complexity index is 753. The summed E-state index contributed by atoms with van der Waals surface area (Å²) in [7, 11) is 0. The van der Waals surface area contributed by atoms with Crippen molar-refractivity contribution in [2.75, 3.05) is 6.26 Å². The van der Waals surface area contributed by atoms with Crippen molar-refractivity contribution in [2.45, 2.75) is 12.1 Å². The average molecular weight is 345 g/mol. The number of thioether (sulfide) groups is 1. The topological polar surface area (TPSA) is 80.4 Å². The van der Waals surface area contributed by atoms with Crippen molar-refractivity contribution in [3.05, 3.63) is 43.8 Å². The molecule has 9 heteroatoms. The minimum absolute atomic E-state index is 0.102. The van der Waals surface area contributed by atoms with Gasteiger partial charge in [-0.3, -0.25) is 4.79 Å². The summed E-state index contributed by atoms with van der Waals surface area (Å²) >= 11 is 12.9. The van der Waals surface area contributed by atoms with E-state index in [1.54, 1.807) is 13.2 Å². The molecule has 0 spiro atoms. The molecule has 1 aromatic carbocycles. The van der Waals surface area contributed by atoms with Crippen molar-refractivity contribution >= 4 is 41.2 Å². The lowest BCUT2D eigenvalue weighted by Crippen LogP contribution is -2.23. The van der Waals surface area contributed by atoms with Crippen LogP contribution >= 0.6 is 35.0 Å². The highest BCUT2D eigenvalue weighted by atomic mass is 35.5. The number of benzene rings is 1. The SMILES string of the molecule is CSc1nnc(C)c(=O)n1/N=C\c1cc(Cl)c(O)c(Cl)c1. The van der Waals surface area contributed by atoms with Gasteiger partial charge in [0.25, 0.3) is 5.56 Å². The number of halogens is 2. The molecule has 2 aromatic rings. The second-order valence-electron chi connectivity index (χ2n) is 3.97. The number of aromatic hydroxyl groups is 1. The minimum atomic E-state index is -0.360. The van der Waals surface area contributed by atoms with Crippen LogP contribution in [0.2, 0.25) is 10.0 Å². The maximum atomic E-state index is 12.0. The second kappa shape index (κ2) is 6.46. The van der Waals surface area contributed by atoms with E-state index in [0.717, 1.165) is 4.68 Å². The fourth-order valence-electron chi connectivity index (χ4n) is 1.46. The number of nitrogens with zero attached hydrogens (tertiary/aromatic N) is 4. The molecule has 1 heterocycles. The first kappa shape index (κ1) is 15.8. The van der Waals surface area contributed by atoms with Gasteiger partial charge in [-0.1, -0.05) is 35.0 Å². The summed E-state index contributed by atoms with van der Waals surface area (Å²) in [6, 6.07) is 2.97. The molecule has 21 heavy (non-hydrogen) atoms. The van der Waals surface area contributed by atoms with Gasteiger partial charge in [0, 0.05) is 0 Å². The zero-order chi connectivity index (χ0) is 15.6. The predicted octanol–water partition coefficient (Wildman–Crippen LogP) is 2.56. The lowest BCUT2D eigenvalue weighted by molar-refractivity contribution is 0.476. The third-order valence-corrected chi connectivity index (χ3v) is 3.71. The molecule has 0 radical (unpaired) electrons. The number of aromatic nitrogens is 3. The first-order chi connectivity index (χ1) is 9.93. The van der Waals surface area contributed by atoms with Gasteiger partial charge < -0.3 is 5.11 Å². The molecule has 0 aliphatic carbocycles. The second-order valence-corrected chi connectivity index (χ2v) is 5.55. The van der Waals surface area contributed by atoms with Crippen LogP contribution in [0.1, 0.15) is 11.3 Å². The van der Waals surface area contributed by atoms with Crippen LogP contribution in [0.15, 0.2) is 27.2 Å². The van der Waals surface area contributed by atoms with Crippen molar-refractivity contribution in [3.8, 4) is 5.75 Å². The normalized spacial score (nSPS) is 11.2. The molecule has 110 valence electrons. The quantitative estimate of drug-likeness (QED) is 0.683. The maximum Gasteiger partial charge on any atom is 0.296 e. The van der Waals surface area contributed by atoms with E-state index >= 15 is 0 Å². The maximum absolute atomic E-state index is 12.0. The van der Waals surface area contributed by atoms with E-state index in [1.165, 1.54) is 30.1 Å². The molecule has 1 N–H and O–H groups in total. The molecule has 0 saturated heterocycles. The standard InChI is InChI=1S/C12H10Cl2N4O2S/c1-6-11(20)18(12(21-2)17-16-6)15-5-7-3-8(13)10(19)9(14)4-7/h3-5,19H,1-2H3/b15-5-. The van der Waals surface area contributed by atoms with E-state index in [4.69, 9.17) is 23.2 Å². The number of hydrogen-bond donors (Lipinski definition) is 1. The van der Waals surface area contributed by atoms with E-state index in [-0.39, 0.29) is 27.0 Å². The third kappa shape index (κ3) is 3.37. The van der Waals surface area contributed by atoms with Crippen LogP contribution in [-0.4, -0.2) is 32.5 Å². The van der Waals surface area contributed by atoms with E-state index in [1.807, 2.05) is 0 Å². The molecular formula is C12H10Cl2N4O2S. The summed E-state index contributed by atoms with van der Waals surface area (Å²) in [6.07, 6.45) is 3.17. The zero-order valence-electron chi connectivity index (χ0n) is 11.0. The number of hydrogen-bond acceptors (Lipinski definition) is 6. The van der Waals surface area contributed by atoms with Crippen LogP contribution in [0.4, 0.5) is 0 Å². The molecule has 0 amide bonds. The van der Waals surface area contributed by atoms with Gasteiger partial charge >= 0.3 is 0 Å². The van der Waals surface area contributed by atoms with E-state index in [9.17, 15) is 9.90 Å². The van der Waals surface area contributed by atoms with Crippen molar-refractivity contribution < 1.29 is 5.11 Å². The Kier molecular flexibility index (Phi) is 4.87. The lowest BCUT2D eigenvalue weighted by Gasteiger charge is -2.04. The van der Waals surface area contributed by atoms with Crippen LogP contribution in [0.25, 0.3) is 0 Å². The van der Waals surface area contributed by atoms with Crippen LogP contribution < -0.4 is 5.56 Å². The molecule has 6 nitrogen and oxygen atoms in total. The Morgan fingerprint density at radius 3 is 2.52 bits per heavy atom. The minimum Gasteiger partial charge on any atom is -0.505 e. The van der Waals surface area contributed by atoms with Crippen LogP contribution in [0, 0.1) is 6.92 Å². The third-order valence-electron chi connectivity index (χ3n) is 2.51. The van der Waals surface area contributed by atoms with Gasteiger partial charge in [0.15, 0.2) is 5.75 Å². The number of aryl methyl sites for hydroxylation is 1. The van der Waals surface area contributed by atoms with Crippen LogP contribution in [-0.2, 0) is 0 Å². The van der Waals surface area contributed by atoms with Crippen molar-refractivity contribution in [3.63, 3.8) is 0 Å². The van der Waals surface area contributed by atoms with Gasteiger partial charge in [-0.2, -0.15) is 9.78 Å². The number of phenols is 1. The molecule has 0 bridgehead atoms. The van der Waals surface area contributed by atoms with Crippen molar-refractivity contribution in [2.24, 2.45) is 5.10 Å². The van der Waals surface area contributed by atoms with Crippen molar-refractivity contribution in [1.29, 1.82) is 0 Å². The van der Waals surface area contributed by atoms with Crippen molar-refractivity contribution in [1.82, 2.24) is 14.9 Å². The Hall–Kier alpha value is -1.57. The highest BCUT2D eigenvalue weighted by molar-refractivity contribution is 7.98. The fourth-order valence-corrected chi connectivity index (χ4v) is 2.39. The Morgan fingerprint density at radius 1 is 1.33 bits per heavy atom. The highest BCUT2D eigenvalue weighted by Crippen LogP contribution is 2.32. The number of phenolic OH excluding ortho intramolecular Hbond substituents is 1. The molecule has 0 aliphatic rings. The summed E-state index contributed by atoms with van der Waals surface area (Å²) in [6.45, 7) is 1.56. The molecular weight excluding hydrogens is 335 g/mol. The summed E-state index contributed by atoms with van der Waals surface area (Å²) in [5, 5.41) is 21.8. The van der Waals surface area contributed by atoms with Gasteiger partial charge in [-0.15, -0.1) is 10.2 Å². The van der Waals surface area contributed by atoms with Crippen LogP contribution in [0.3, 0.4) is 0 Å². The molecule has 0 unspecified atom stereocenters. The van der Waals surface area contributed by atoms with E-state index in [2.05, 4.69) is 15.3 Å². The highest BCUT2D eigenvalue weighted by Gasteiger charge is 2.08. The average Bonchev–Trinajstić information content (AvgIpc) is 2.46. The first-order valence-corrected chi connectivity index (χ1v) is 7.64. The largest absolute Gasteiger partial charge is 0.505 e. The summed E-state index contributed by atoms with van der Waals surface area (Å²) in [5.74, 6) is -0.195. The number of rotatable bonds is 3. The molecule has 0 atom stereocenters. The van der Waals surface area contributed by atoms with Gasteiger partial charge in [0.05, 0.1) is 16.3 Å². The molecule has 1 aromatic heterocycles. The Balaban J connectivity index is 2.47. The first-order valence-electron chi connectivity index (χ1n) is 5.66. The lowest BCUT2D eigenvalue weighted by atomic mass is 10.2. The fraction of sp³-hybridized carbons (Fsp3) is 0.167. The Labute approximate surface area is 134 Å². The molecule has 0 saturated carbocycles. The molecule has 0 aliphatic heterocycles. The summed E-state index contributed by atoms with van der Waals surface area (Å²) in [5.41, 5.74) is 0.421. The smallest absolute Gasteiger partial charge is 0.296 e. The van der Waals surface area contributed by atoms with Gasteiger partial charge in [-0.05, 0) is 30.9 Å². The van der Waals surface area contributed by atoms with Gasteiger partial charge in [0.1, 0.15) is 5.69 Å².